The molecule has 0 bridgehead atoms. The van der Waals surface area contributed by atoms with Gasteiger partial charge in [0.2, 0.25) is 0 Å². The molecule has 0 unspecified atom stereocenters. The molecule has 25 heavy (non-hydrogen) atoms. The number of hydrogen-bond acceptors (Lipinski definition) is 4. The van der Waals surface area contributed by atoms with Gasteiger partial charge < -0.3 is 9.47 Å². The molecule has 1 saturated heterocycles. The Morgan fingerprint density at radius 1 is 1.08 bits per heavy atom. The van der Waals surface area contributed by atoms with Crippen LogP contribution < -0.4 is 0 Å². The Kier molecular flexibility index (Phi) is 5.75. The lowest BCUT2D eigenvalue weighted by Crippen LogP contribution is -2.41. The van der Waals surface area contributed by atoms with Crippen molar-refractivity contribution in [3.8, 4) is 0 Å². The first-order valence-corrected chi connectivity index (χ1v) is 8.32. The van der Waals surface area contributed by atoms with Gasteiger partial charge in [0.05, 0.1) is 12.7 Å². The zero-order valence-corrected chi connectivity index (χ0v) is 13.8. The molecule has 0 saturated carbocycles. The fourth-order valence-electron chi connectivity index (χ4n) is 2.75. The van der Waals surface area contributed by atoms with Gasteiger partial charge in [-0.25, -0.2) is 0 Å². The SMILES string of the molecule is O=C1CCO[C@H](/C=C/c2ccccc2)[C@H]1C(=O)OCc1ccccc1. The lowest BCUT2D eigenvalue weighted by molar-refractivity contribution is -0.161. The molecule has 3 rings (SSSR count). The lowest BCUT2D eigenvalue weighted by Gasteiger charge is -2.27. The molecule has 0 N–H and O–H groups in total. The van der Waals surface area contributed by atoms with Crippen molar-refractivity contribution in [1.82, 2.24) is 0 Å². The van der Waals surface area contributed by atoms with Crippen molar-refractivity contribution in [1.29, 1.82) is 0 Å². The standard InChI is InChI=1S/C21H20O4/c22-18-13-14-24-19(12-11-16-7-3-1-4-8-16)20(18)21(23)25-15-17-9-5-2-6-10-17/h1-12,19-20H,13-15H2/b12-11+/t19-,20+/m1/s1. The predicted molar refractivity (Wildman–Crippen MR) is 94.6 cm³/mol. The predicted octanol–water partition coefficient (Wildman–Crippen LogP) is 3.42. The summed E-state index contributed by atoms with van der Waals surface area (Å²) in [6.45, 7) is 0.476. The highest BCUT2D eigenvalue weighted by Gasteiger charge is 2.38. The minimum absolute atomic E-state index is 0.132. The number of ketones is 1. The molecule has 1 aliphatic rings. The Morgan fingerprint density at radius 2 is 1.76 bits per heavy atom. The number of carbonyl (C=O) groups is 2. The summed E-state index contributed by atoms with van der Waals surface area (Å²) in [5, 5.41) is 0. The Labute approximate surface area is 147 Å². The minimum Gasteiger partial charge on any atom is -0.460 e. The Hall–Kier alpha value is -2.72. The number of hydrogen-bond donors (Lipinski definition) is 0. The van der Waals surface area contributed by atoms with Crippen LogP contribution in [0.1, 0.15) is 17.5 Å². The molecule has 2 aromatic carbocycles. The average molecular weight is 336 g/mol. The molecule has 1 fully saturated rings. The first-order valence-electron chi connectivity index (χ1n) is 8.32. The summed E-state index contributed by atoms with van der Waals surface area (Å²) in [5.41, 5.74) is 1.87. The largest absolute Gasteiger partial charge is 0.460 e. The zero-order valence-electron chi connectivity index (χ0n) is 13.8. The number of ether oxygens (including phenoxy) is 2. The third kappa shape index (κ3) is 4.64. The fourth-order valence-corrected chi connectivity index (χ4v) is 2.75. The topological polar surface area (TPSA) is 52.6 Å². The van der Waals surface area contributed by atoms with Crippen molar-refractivity contribution < 1.29 is 19.1 Å². The second-order valence-electron chi connectivity index (χ2n) is 5.89. The van der Waals surface area contributed by atoms with E-state index < -0.39 is 18.0 Å². The highest BCUT2D eigenvalue weighted by molar-refractivity contribution is 6.00. The highest BCUT2D eigenvalue weighted by Crippen LogP contribution is 2.22. The molecule has 0 spiro atoms. The first kappa shape index (κ1) is 17.1. The van der Waals surface area contributed by atoms with Crippen LogP contribution in [0.5, 0.6) is 0 Å². The van der Waals surface area contributed by atoms with Gasteiger partial charge in [0, 0.05) is 6.42 Å². The smallest absolute Gasteiger partial charge is 0.319 e. The molecular weight excluding hydrogens is 316 g/mol. The van der Waals surface area contributed by atoms with Crippen LogP contribution in [0.15, 0.2) is 66.7 Å². The molecule has 1 aliphatic heterocycles. The molecule has 0 aliphatic carbocycles. The van der Waals surface area contributed by atoms with Gasteiger partial charge in [-0.05, 0) is 11.1 Å². The summed E-state index contributed by atoms with van der Waals surface area (Å²) < 4.78 is 11.0. The summed E-state index contributed by atoms with van der Waals surface area (Å²) in [7, 11) is 0. The summed E-state index contributed by atoms with van der Waals surface area (Å²) in [6.07, 6.45) is 3.27. The Morgan fingerprint density at radius 3 is 2.48 bits per heavy atom. The fraction of sp³-hybridized carbons (Fsp3) is 0.238. The van der Waals surface area contributed by atoms with E-state index in [4.69, 9.17) is 9.47 Å². The molecule has 4 nitrogen and oxygen atoms in total. The van der Waals surface area contributed by atoms with Gasteiger partial charge >= 0.3 is 5.97 Å². The number of carbonyl (C=O) groups excluding carboxylic acids is 2. The Bertz CT molecular complexity index is 737. The molecule has 2 atom stereocenters. The van der Waals surface area contributed by atoms with Crippen LogP contribution in [0.4, 0.5) is 0 Å². The quantitative estimate of drug-likeness (QED) is 0.620. The van der Waals surface area contributed by atoms with E-state index >= 15 is 0 Å². The van der Waals surface area contributed by atoms with Crippen molar-refractivity contribution in [2.45, 2.75) is 19.1 Å². The maximum absolute atomic E-state index is 12.4. The van der Waals surface area contributed by atoms with Gasteiger partial charge in [0.25, 0.3) is 0 Å². The van der Waals surface area contributed by atoms with Gasteiger partial charge in [-0.1, -0.05) is 72.8 Å². The summed E-state index contributed by atoms with van der Waals surface area (Å²) >= 11 is 0. The number of rotatable bonds is 5. The maximum Gasteiger partial charge on any atom is 0.319 e. The maximum atomic E-state index is 12.4. The van der Waals surface area contributed by atoms with E-state index in [1.54, 1.807) is 6.08 Å². The second kappa shape index (κ2) is 8.40. The van der Waals surface area contributed by atoms with E-state index in [9.17, 15) is 9.59 Å². The molecule has 0 aromatic heterocycles. The van der Waals surface area contributed by atoms with Crippen LogP contribution in [0.2, 0.25) is 0 Å². The third-order valence-corrected chi connectivity index (χ3v) is 4.09. The molecule has 0 amide bonds. The van der Waals surface area contributed by atoms with Gasteiger partial charge in [0.15, 0.2) is 5.78 Å². The summed E-state index contributed by atoms with van der Waals surface area (Å²) in [5.74, 6) is -1.57. The Balaban J connectivity index is 1.68. The van der Waals surface area contributed by atoms with Crippen molar-refractivity contribution in [3.63, 3.8) is 0 Å². The van der Waals surface area contributed by atoms with Crippen molar-refractivity contribution in [2.75, 3.05) is 6.61 Å². The van der Waals surface area contributed by atoms with E-state index in [1.165, 1.54) is 0 Å². The van der Waals surface area contributed by atoms with Crippen molar-refractivity contribution in [2.24, 2.45) is 5.92 Å². The van der Waals surface area contributed by atoms with Gasteiger partial charge in [-0.2, -0.15) is 0 Å². The number of esters is 1. The minimum atomic E-state index is -0.905. The third-order valence-electron chi connectivity index (χ3n) is 4.09. The normalized spacial score (nSPS) is 20.6. The van der Waals surface area contributed by atoms with Gasteiger partial charge in [-0.15, -0.1) is 0 Å². The van der Waals surface area contributed by atoms with Crippen LogP contribution in [0.25, 0.3) is 6.08 Å². The lowest BCUT2D eigenvalue weighted by atomic mass is 9.92. The van der Waals surface area contributed by atoms with Crippen LogP contribution in [-0.2, 0) is 25.7 Å². The van der Waals surface area contributed by atoms with Crippen molar-refractivity contribution in [3.05, 3.63) is 77.9 Å². The molecule has 128 valence electrons. The monoisotopic (exact) mass is 336 g/mol. The van der Waals surface area contributed by atoms with Gasteiger partial charge in [-0.3, -0.25) is 9.59 Å². The zero-order chi connectivity index (χ0) is 17.5. The van der Waals surface area contributed by atoms with Crippen LogP contribution in [-0.4, -0.2) is 24.5 Å². The highest BCUT2D eigenvalue weighted by atomic mass is 16.5. The van der Waals surface area contributed by atoms with Crippen LogP contribution >= 0.6 is 0 Å². The molecule has 1 heterocycles. The van der Waals surface area contributed by atoms with E-state index in [1.807, 2.05) is 66.7 Å². The van der Waals surface area contributed by atoms with E-state index in [-0.39, 0.29) is 18.8 Å². The average Bonchev–Trinajstić information content (AvgIpc) is 2.66. The van der Waals surface area contributed by atoms with E-state index in [2.05, 4.69) is 0 Å². The first-order chi connectivity index (χ1) is 12.2. The second-order valence-corrected chi connectivity index (χ2v) is 5.89. The molecular formula is C21H20O4. The van der Waals surface area contributed by atoms with Crippen LogP contribution in [0.3, 0.4) is 0 Å². The number of benzene rings is 2. The summed E-state index contributed by atoms with van der Waals surface area (Å²) in [4.78, 5) is 24.7. The molecule has 4 heteroatoms. The van der Waals surface area contributed by atoms with Gasteiger partial charge in [0.1, 0.15) is 12.5 Å². The summed E-state index contributed by atoms with van der Waals surface area (Å²) in [6, 6.07) is 19.1. The van der Waals surface area contributed by atoms with Crippen LogP contribution in [0, 0.1) is 5.92 Å². The van der Waals surface area contributed by atoms with E-state index in [0.717, 1.165) is 11.1 Å². The molecule has 0 radical (unpaired) electrons. The number of Topliss-reactive ketones (excluding diaryl/α,β-unsaturated/α-hetero) is 1. The molecule has 2 aromatic rings. The van der Waals surface area contributed by atoms with Crippen molar-refractivity contribution >= 4 is 17.8 Å². The van der Waals surface area contributed by atoms with E-state index in [0.29, 0.717) is 6.61 Å².